The molecule has 0 radical (unpaired) electrons. The monoisotopic (exact) mass is 249 g/mol. The number of rotatable bonds is 2. The summed E-state index contributed by atoms with van der Waals surface area (Å²) < 4.78 is 0. The maximum absolute atomic E-state index is 11.9. The molecule has 0 bridgehead atoms. The Morgan fingerprint density at radius 2 is 2.28 bits per heavy atom. The van der Waals surface area contributed by atoms with Crippen molar-refractivity contribution in [2.75, 3.05) is 38.6 Å². The maximum Gasteiger partial charge on any atom is 0.273 e. The third-order valence-corrected chi connectivity index (χ3v) is 3.04. The lowest BCUT2D eigenvalue weighted by atomic mass is 10.2. The molecule has 1 aliphatic heterocycles. The average molecular weight is 249 g/mol. The summed E-state index contributed by atoms with van der Waals surface area (Å²) in [5.41, 5.74) is 0.392. The number of hydrogen-bond acceptors (Lipinski definition) is 5. The van der Waals surface area contributed by atoms with Gasteiger partial charge in [-0.3, -0.25) is 9.78 Å². The Morgan fingerprint density at radius 3 is 2.94 bits per heavy atom. The van der Waals surface area contributed by atoms with E-state index >= 15 is 0 Å². The van der Waals surface area contributed by atoms with Gasteiger partial charge in [-0.05, 0) is 6.92 Å². The van der Waals surface area contributed by atoms with Crippen LogP contribution in [0.15, 0.2) is 12.4 Å². The van der Waals surface area contributed by atoms with Gasteiger partial charge in [0.25, 0.3) is 5.91 Å². The molecular formula is C12H19N5O. The molecule has 1 saturated heterocycles. The Balaban J connectivity index is 2.23. The first-order chi connectivity index (χ1) is 8.59. The summed E-state index contributed by atoms with van der Waals surface area (Å²) in [6, 6.07) is 0.359. The second-order valence-electron chi connectivity index (χ2n) is 4.71. The third-order valence-electron chi connectivity index (χ3n) is 3.04. The predicted octanol–water partition coefficient (Wildman–Crippen LogP) is -0.0235. The summed E-state index contributed by atoms with van der Waals surface area (Å²) >= 11 is 0. The van der Waals surface area contributed by atoms with Crippen LogP contribution < -0.4 is 10.2 Å². The first-order valence-electron chi connectivity index (χ1n) is 6.10. The zero-order chi connectivity index (χ0) is 13.1. The minimum absolute atomic E-state index is 0.118. The van der Waals surface area contributed by atoms with Crippen LogP contribution in [0.4, 0.5) is 5.82 Å². The highest BCUT2D eigenvalue weighted by Crippen LogP contribution is 2.15. The second-order valence-corrected chi connectivity index (χ2v) is 4.71. The van der Waals surface area contributed by atoms with E-state index in [1.54, 1.807) is 20.3 Å². The highest BCUT2D eigenvalue weighted by atomic mass is 16.2. The van der Waals surface area contributed by atoms with Gasteiger partial charge in [-0.15, -0.1) is 0 Å². The molecule has 0 spiro atoms. The molecule has 0 aliphatic carbocycles. The molecule has 1 fully saturated rings. The van der Waals surface area contributed by atoms with Gasteiger partial charge in [-0.2, -0.15) is 0 Å². The highest BCUT2D eigenvalue weighted by Gasteiger charge is 2.21. The van der Waals surface area contributed by atoms with E-state index in [-0.39, 0.29) is 5.91 Å². The van der Waals surface area contributed by atoms with Gasteiger partial charge in [0.15, 0.2) is 0 Å². The molecule has 0 saturated carbocycles. The van der Waals surface area contributed by atoms with Crippen LogP contribution in [-0.4, -0.2) is 60.5 Å². The van der Waals surface area contributed by atoms with Crippen LogP contribution in [0.25, 0.3) is 0 Å². The summed E-state index contributed by atoms with van der Waals surface area (Å²) in [4.78, 5) is 24.1. The van der Waals surface area contributed by atoms with Crippen molar-refractivity contribution >= 4 is 11.7 Å². The van der Waals surface area contributed by atoms with Gasteiger partial charge in [0.2, 0.25) is 0 Å². The number of anilines is 1. The minimum atomic E-state index is -0.118. The fourth-order valence-electron chi connectivity index (χ4n) is 2.01. The van der Waals surface area contributed by atoms with Crippen LogP contribution in [0.5, 0.6) is 0 Å². The molecule has 1 aromatic rings. The zero-order valence-electron chi connectivity index (χ0n) is 11.1. The number of carbonyl (C=O) groups excluding carboxylic acids is 1. The van der Waals surface area contributed by atoms with Crippen molar-refractivity contribution in [2.24, 2.45) is 0 Å². The Hall–Kier alpha value is -1.69. The number of aromatic nitrogens is 2. The average Bonchev–Trinajstić information content (AvgIpc) is 2.38. The normalized spacial score (nSPS) is 19.7. The molecule has 6 nitrogen and oxygen atoms in total. The topological polar surface area (TPSA) is 61.4 Å². The quantitative estimate of drug-likeness (QED) is 0.798. The summed E-state index contributed by atoms with van der Waals surface area (Å²) in [6.45, 7) is 4.87. The number of nitrogens with one attached hydrogen (secondary N) is 1. The molecule has 0 aromatic carbocycles. The van der Waals surface area contributed by atoms with Crippen molar-refractivity contribution in [3.8, 4) is 0 Å². The van der Waals surface area contributed by atoms with Gasteiger partial charge in [0.1, 0.15) is 11.5 Å². The van der Waals surface area contributed by atoms with Crippen LogP contribution in [-0.2, 0) is 0 Å². The Morgan fingerprint density at radius 1 is 1.50 bits per heavy atom. The molecular weight excluding hydrogens is 230 g/mol. The van der Waals surface area contributed by atoms with E-state index in [2.05, 4.69) is 27.1 Å². The van der Waals surface area contributed by atoms with Crippen molar-refractivity contribution < 1.29 is 4.79 Å². The second kappa shape index (κ2) is 5.30. The molecule has 1 amide bonds. The third kappa shape index (κ3) is 2.59. The molecule has 1 atom stereocenters. The molecule has 1 aliphatic rings. The lowest BCUT2D eigenvalue weighted by Gasteiger charge is -2.34. The number of hydrogen-bond donors (Lipinski definition) is 1. The van der Waals surface area contributed by atoms with Gasteiger partial charge < -0.3 is 15.1 Å². The molecule has 18 heavy (non-hydrogen) atoms. The van der Waals surface area contributed by atoms with E-state index in [4.69, 9.17) is 0 Å². The number of nitrogens with zero attached hydrogens (tertiary/aromatic N) is 4. The van der Waals surface area contributed by atoms with Gasteiger partial charge in [0.05, 0.1) is 12.4 Å². The van der Waals surface area contributed by atoms with Crippen molar-refractivity contribution in [1.29, 1.82) is 0 Å². The van der Waals surface area contributed by atoms with E-state index in [1.807, 2.05) is 0 Å². The SMILES string of the molecule is C[C@@H]1CNCCN1c1cncc(C(=O)N(C)C)n1. The molecule has 6 heteroatoms. The van der Waals surface area contributed by atoms with Crippen LogP contribution >= 0.6 is 0 Å². The first-order valence-corrected chi connectivity index (χ1v) is 6.10. The Bertz CT molecular complexity index is 434. The van der Waals surface area contributed by atoms with Crippen LogP contribution in [0.3, 0.4) is 0 Å². The summed E-state index contributed by atoms with van der Waals surface area (Å²) in [5.74, 6) is 0.656. The number of carbonyl (C=O) groups is 1. The summed E-state index contributed by atoms with van der Waals surface area (Å²) in [5, 5.41) is 3.32. The highest BCUT2D eigenvalue weighted by molar-refractivity contribution is 5.91. The smallest absolute Gasteiger partial charge is 0.273 e. The van der Waals surface area contributed by atoms with Crippen molar-refractivity contribution in [3.63, 3.8) is 0 Å². The van der Waals surface area contributed by atoms with Crippen molar-refractivity contribution in [2.45, 2.75) is 13.0 Å². The number of piperazine rings is 1. The summed E-state index contributed by atoms with van der Waals surface area (Å²) in [6.07, 6.45) is 3.23. The largest absolute Gasteiger partial charge is 0.350 e. The van der Waals surface area contributed by atoms with Gasteiger partial charge in [-0.1, -0.05) is 0 Å². The fraction of sp³-hybridized carbons (Fsp3) is 0.583. The minimum Gasteiger partial charge on any atom is -0.350 e. The molecule has 2 heterocycles. The van der Waals surface area contributed by atoms with Gasteiger partial charge in [0, 0.05) is 39.8 Å². The van der Waals surface area contributed by atoms with Crippen LogP contribution in [0.2, 0.25) is 0 Å². The predicted molar refractivity (Wildman–Crippen MR) is 69.7 cm³/mol. The fourth-order valence-corrected chi connectivity index (χ4v) is 2.01. The zero-order valence-corrected chi connectivity index (χ0v) is 11.1. The maximum atomic E-state index is 11.9. The lowest BCUT2D eigenvalue weighted by Crippen LogP contribution is -2.50. The molecule has 2 rings (SSSR count). The summed E-state index contributed by atoms with van der Waals surface area (Å²) in [7, 11) is 3.42. The van der Waals surface area contributed by atoms with E-state index in [1.165, 1.54) is 11.1 Å². The van der Waals surface area contributed by atoms with E-state index in [0.29, 0.717) is 11.7 Å². The van der Waals surface area contributed by atoms with Gasteiger partial charge >= 0.3 is 0 Å². The van der Waals surface area contributed by atoms with Crippen molar-refractivity contribution in [1.82, 2.24) is 20.2 Å². The standard InChI is InChI=1S/C12H19N5O/c1-9-6-13-4-5-17(9)11-8-14-7-10(15-11)12(18)16(2)3/h7-9,13H,4-6H2,1-3H3/t9-/m1/s1. The molecule has 1 N–H and O–H groups in total. The van der Waals surface area contributed by atoms with E-state index in [9.17, 15) is 4.79 Å². The first kappa shape index (κ1) is 12.8. The van der Waals surface area contributed by atoms with Crippen LogP contribution in [0, 0.1) is 0 Å². The molecule has 98 valence electrons. The molecule has 0 unspecified atom stereocenters. The van der Waals surface area contributed by atoms with Gasteiger partial charge in [-0.25, -0.2) is 4.98 Å². The lowest BCUT2D eigenvalue weighted by molar-refractivity contribution is 0.0821. The Kier molecular flexibility index (Phi) is 3.76. The molecule has 1 aromatic heterocycles. The van der Waals surface area contributed by atoms with E-state index < -0.39 is 0 Å². The number of amides is 1. The van der Waals surface area contributed by atoms with Crippen LogP contribution in [0.1, 0.15) is 17.4 Å². The van der Waals surface area contributed by atoms with Crippen molar-refractivity contribution in [3.05, 3.63) is 18.1 Å². The van der Waals surface area contributed by atoms with E-state index in [0.717, 1.165) is 25.5 Å². The Labute approximate surface area is 107 Å².